The first kappa shape index (κ1) is 9.90. The van der Waals surface area contributed by atoms with Gasteiger partial charge < -0.3 is 5.11 Å². The van der Waals surface area contributed by atoms with Crippen molar-refractivity contribution in [3.63, 3.8) is 0 Å². The molecule has 0 heterocycles. The topological polar surface area (TPSA) is 54.4 Å². The quantitative estimate of drug-likeness (QED) is 0.791. The van der Waals surface area contributed by atoms with Gasteiger partial charge in [0.15, 0.2) is 0 Å². The number of aliphatic carboxylic acids is 1. The zero-order valence-corrected chi connectivity index (χ0v) is 8.32. The summed E-state index contributed by atoms with van der Waals surface area (Å²) in [6, 6.07) is 5.63. The van der Waals surface area contributed by atoms with Gasteiger partial charge in [-0.3, -0.25) is 9.59 Å². The van der Waals surface area contributed by atoms with E-state index >= 15 is 0 Å². The van der Waals surface area contributed by atoms with Crippen LogP contribution in [0.25, 0.3) is 0 Å². The Bertz CT molecular complexity index is 421. The molecule has 1 aromatic carbocycles. The second kappa shape index (κ2) is 3.85. The molecule has 1 aromatic rings. The van der Waals surface area contributed by atoms with Crippen molar-refractivity contribution < 1.29 is 14.7 Å². The third-order valence-corrected chi connectivity index (χ3v) is 2.69. The van der Waals surface area contributed by atoms with Gasteiger partial charge in [-0.25, -0.2) is 0 Å². The monoisotopic (exact) mass is 204 g/mol. The van der Waals surface area contributed by atoms with E-state index in [9.17, 15) is 9.59 Å². The molecule has 0 saturated carbocycles. The Kier molecular flexibility index (Phi) is 2.54. The molecule has 0 bridgehead atoms. The van der Waals surface area contributed by atoms with Gasteiger partial charge in [0.2, 0.25) is 0 Å². The molecule has 0 aliphatic heterocycles. The molecule has 1 aliphatic rings. The minimum absolute atomic E-state index is 0.0292. The second-order valence-electron chi connectivity index (χ2n) is 3.89. The Hall–Kier alpha value is -1.64. The smallest absolute Gasteiger partial charge is 0.307 e. The molecule has 0 amide bonds. The van der Waals surface area contributed by atoms with E-state index < -0.39 is 5.97 Å². The van der Waals surface area contributed by atoms with Crippen molar-refractivity contribution in [1.29, 1.82) is 0 Å². The number of carboxylic acids is 1. The number of carbonyl (C=O) groups excluding carboxylic acids is 1. The average Bonchev–Trinajstić information content (AvgIpc) is 2.16. The van der Waals surface area contributed by atoms with Gasteiger partial charge in [0.1, 0.15) is 5.78 Å². The number of benzene rings is 1. The standard InChI is InChI=1S/C12H12O3/c13-11-4-3-9-2-1-8(6-12(14)15)5-10(9)7-11/h1-2,5H,3-4,6-7H2,(H,14,15). The maximum Gasteiger partial charge on any atom is 0.307 e. The molecule has 0 saturated heterocycles. The molecule has 1 aliphatic carbocycles. The van der Waals surface area contributed by atoms with Crippen LogP contribution >= 0.6 is 0 Å². The minimum atomic E-state index is -0.836. The summed E-state index contributed by atoms with van der Waals surface area (Å²) in [6.07, 6.45) is 1.90. The Morgan fingerprint density at radius 3 is 2.80 bits per heavy atom. The number of ketones is 1. The van der Waals surface area contributed by atoms with Crippen molar-refractivity contribution in [2.45, 2.75) is 25.7 Å². The van der Waals surface area contributed by atoms with Gasteiger partial charge in [-0.15, -0.1) is 0 Å². The number of rotatable bonds is 2. The van der Waals surface area contributed by atoms with Crippen LogP contribution in [0.4, 0.5) is 0 Å². The molecule has 78 valence electrons. The lowest BCUT2D eigenvalue weighted by Gasteiger charge is -2.15. The third-order valence-electron chi connectivity index (χ3n) is 2.69. The summed E-state index contributed by atoms with van der Waals surface area (Å²) in [6.45, 7) is 0. The number of aryl methyl sites for hydroxylation is 1. The average molecular weight is 204 g/mol. The van der Waals surface area contributed by atoms with Crippen molar-refractivity contribution in [2.24, 2.45) is 0 Å². The summed E-state index contributed by atoms with van der Waals surface area (Å²) in [5, 5.41) is 8.66. The first-order valence-electron chi connectivity index (χ1n) is 4.99. The summed E-state index contributed by atoms with van der Waals surface area (Å²) in [7, 11) is 0. The van der Waals surface area contributed by atoms with Gasteiger partial charge in [0.05, 0.1) is 6.42 Å². The highest BCUT2D eigenvalue weighted by atomic mass is 16.4. The second-order valence-corrected chi connectivity index (χ2v) is 3.89. The predicted molar refractivity (Wildman–Crippen MR) is 54.8 cm³/mol. The van der Waals surface area contributed by atoms with Gasteiger partial charge in [-0.1, -0.05) is 18.2 Å². The number of Topliss-reactive ketones (excluding diaryl/α,β-unsaturated/α-hetero) is 1. The lowest BCUT2D eigenvalue weighted by atomic mass is 9.89. The highest BCUT2D eigenvalue weighted by Gasteiger charge is 2.15. The molecular formula is C12H12O3. The van der Waals surface area contributed by atoms with Crippen LogP contribution < -0.4 is 0 Å². The third kappa shape index (κ3) is 2.24. The maximum atomic E-state index is 11.2. The van der Waals surface area contributed by atoms with Crippen molar-refractivity contribution >= 4 is 11.8 Å². The summed E-state index contributed by atoms with van der Waals surface area (Å²) >= 11 is 0. The van der Waals surface area contributed by atoms with Gasteiger partial charge in [0.25, 0.3) is 0 Å². The Morgan fingerprint density at radius 1 is 1.27 bits per heavy atom. The van der Waals surface area contributed by atoms with Crippen molar-refractivity contribution in [1.82, 2.24) is 0 Å². The molecule has 15 heavy (non-hydrogen) atoms. The van der Waals surface area contributed by atoms with Gasteiger partial charge in [-0.05, 0) is 23.1 Å². The highest BCUT2D eigenvalue weighted by molar-refractivity contribution is 5.83. The van der Waals surface area contributed by atoms with Crippen molar-refractivity contribution in [3.05, 3.63) is 34.9 Å². The van der Waals surface area contributed by atoms with E-state index in [2.05, 4.69) is 0 Å². The van der Waals surface area contributed by atoms with E-state index in [-0.39, 0.29) is 12.2 Å². The SMILES string of the molecule is O=C(O)Cc1ccc2c(c1)CC(=O)CC2. The molecule has 0 radical (unpaired) electrons. The van der Waals surface area contributed by atoms with Crippen LogP contribution in [-0.4, -0.2) is 16.9 Å². The van der Waals surface area contributed by atoms with Gasteiger partial charge in [0, 0.05) is 12.8 Å². The van der Waals surface area contributed by atoms with E-state index in [1.807, 2.05) is 18.2 Å². The molecule has 2 rings (SSSR count). The normalized spacial score (nSPS) is 14.8. The van der Waals surface area contributed by atoms with Crippen LogP contribution in [0.15, 0.2) is 18.2 Å². The van der Waals surface area contributed by atoms with Crippen LogP contribution in [0.2, 0.25) is 0 Å². The van der Waals surface area contributed by atoms with Crippen LogP contribution in [0, 0.1) is 0 Å². The number of carbonyl (C=O) groups is 2. The maximum absolute atomic E-state index is 11.2. The first-order valence-corrected chi connectivity index (χ1v) is 4.99. The predicted octanol–water partition coefficient (Wildman–Crippen LogP) is 1.37. The lowest BCUT2D eigenvalue weighted by Crippen LogP contribution is -2.13. The number of hydrogen-bond acceptors (Lipinski definition) is 2. The molecule has 0 fully saturated rings. The molecule has 3 heteroatoms. The van der Waals surface area contributed by atoms with E-state index in [0.717, 1.165) is 17.5 Å². The summed E-state index contributed by atoms with van der Waals surface area (Å²) < 4.78 is 0. The fourth-order valence-corrected chi connectivity index (χ4v) is 1.95. The van der Waals surface area contributed by atoms with Crippen LogP contribution in [-0.2, 0) is 28.9 Å². The zero-order valence-electron chi connectivity index (χ0n) is 8.32. The Labute approximate surface area is 87.7 Å². The number of hydrogen-bond donors (Lipinski definition) is 1. The minimum Gasteiger partial charge on any atom is -0.481 e. The summed E-state index contributed by atoms with van der Waals surface area (Å²) in [4.78, 5) is 21.8. The number of fused-ring (bicyclic) bond motifs is 1. The molecule has 0 spiro atoms. The summed E-state index contributed by atoms with van der Waals surface area (Å²) in [5.74, 6) is -0.591. The largest absolute Gasteiger partial charge is 0.481 e. The van der Waals surface area contributed by atoms with Gasteiger partial charge in [-0.2, -0.15) is 0 Å². The van der Waals surface area contributed by atoms with E-state index in [1.165, 1.54) is 5.56 Å². The van der Waals surface area contributed by atoms with Crippen molar-refractivity contribution in [3.8, 4) is 0 Å². The summed E-state index contributed by atoms with van der Waals surface area (Å²) in [5.41, 5.74) is 2.96. The Balaban J connectivity index is 2.28. The first-order chi connectivity index (χ1) is 7.15. The lowest BCUT2D eigenvalue weighted by molar-refractivity contribution is -0.136. The molecule has 3 nitrogen and oxygen atoms in total. The number of carboxylic acid groups (broad SMARTS) is 1. The molecule has 0 atom stereocenters. The van der Waals surface area contributed by atoms with E-state index in [1.54, 1.807) is 0 Å². The fourth-order valence-electron chi connectivity index (χ4n) is 1.95. The zero-order chi connectivity index (χ0) is 10.8. The molecule has 1 N–H and O–H groups in total. The van der Waals surface area contributed by atoms with Crippen LogP contribution in [0.3, 0.4) is 0 Å². The van der Waals surface area contributed by atoms with E-state index in [4.69, 9.17) is 5.11 Å². The van der Waals surface area contributed by atoms with Crippen LogP contribution in [0.1, 0.15) is 23.1 Å². The fraction of sp³-hybridized carbons (Fsp3) is 0.333. The Morgan fingerprint density at radius 2 is 2.07 bits per heavy atom. The van der Waals surface area contributed by atoms with E-state index in [0.29, 0.717) is 12.8 Å². The van der Waals surface area contributed by atoms with Gasteiger partial charge >= 0.3 is 5.97 Å². The molecular weight excluding hydrogens is 192 g/mol. The van der Waals surface area contributed by atoms with Crippen LogP contribution in [0.5, 0.6) is 0 Å². The van der Waals surface area contributed by atoms with Crippen molar-refractivity contribution in [2.75, 3.05) is 0 Å². The molecule has 0 aromatic heterocycles. The molecule has 0 unspecified atom stereocenters. The highest BCUT2D eigenvalue weighted by Crippen LogP contribution is 2.20.